The number of rotatable bonds is 6. The number of quaternary nitrogens is 1. The van der Waals surface area contributed by atoms with Gasteiger partial charge in [-0.25, -0.2) is 0 Å². The standard InChI is InChI=1S/C16H27N2S2.BrH/c1-6-17(7-2)16(19)20-13-15-10-8-14(9-11-15)12-18(3,4)5;/h8-11H,6-7,12-13H2,1-5H3;1H/q+1;/p-1. The first-order valence-electron chi connectivity index (χ1n) is 7.15. The molecule has 0 saturated carbocycles. The fourth-order valence-corrected chi connectivity index (χ4v) is 3.37. The van der Waals surface area contributed by atoms with Crippen molar-refractivity contribution in [2.24, 2.45) is 0 Å². The van der Waals surface area contributed by atoms with Crippen LogP contribution in [0.25, 0.3) is 0 Å². The van der Waals surface area contributed by atoms with Gasteiger partial charge in [-0.2, -0.15) is 0 Å². The molecule has 0 N–H and O–H groups in total. The summed E-state index contributed by atoms with van der Waals surface area (Å²) in [5, 5.41) is 0. The highest BCUT2D eigenvalue weighted by molar-refractivity contribution is 8.22. The third-order valence-electron chi connectivity index (χ3n) is 3.06. The van der Waals surface area contributed by atoms with E-state index in [1.54, 1.807) is 11.8 Å². The van der Waals surface area contributed by atoms with E-state index in [1.165, 1.54) is 11.1 Å². The second-order valence-corrected chi connectivity index (χ2v) is 7.60. The van der Waals surface area contributed by atoms with Gasteiger partial charge in [-0.1, -0.05) is 48.2 Å². The minimum absolute atomic E-state index is 0. The van der Waals surface area contributed by atoms with Crippen molar-refractivity contribution in [3.8, 4) is 0 Å². The summed E-state index contributed by atoms with van der Waals surface area (Å²) in [6.07, 6.45) is 0. The first kappa shape index (κ1) is 20.9. The largest absolute Gasteiger partial charge is 1.00 e. The fourth-order valence-electron chi connectivity index (χ4n) is 2.01. The van der Waals surface area contributed by atoms with Crippen LogP contribution in [0.15, 0.2) is 24.3 Å². The molecular formula is C16H27BrN2S2. The van der Waals surface area contributed by atoms with Crippen molar-refractivity contribution in [2.45, 2.75) is 26.1 Å². The zero-order chi connectivity index (χ0) is 15.2. The minimum Gasteiger partial charge on any atom is -1.00 e. The van der Waals surface area contributed by atoms with E-state index in [0.717, 1.165) is 34.2 Å². The molecule has 1 aromatic rings. The first-order valence-corrected chi connectivity index (χ1v) is 8.55. The van der Waals surface area contributed by atoms with Crippen LogP contribution in [0.4, 0.5) is 0 Å². The Labute approximate surface area is 150 Å². The zero-order valence-corrected chi connectivity index (χ0v) is 16.9. The number of benzene rings is 1. The Morgan fingerprint density at radius 3 is 1.95 bits per heavy atom. The maximum absolute atomic E-state index is 5.46. The van der Waals surface area contributed by atoms with Crippen molar-refractivity contribution in [2.75, 3.05) is 34.2 Å². The van der Waals surface area contributed by atoms with Crippen LogP contribution in [0.1, 0.15) is 25.0 Å². The molecule has 0 unspecified atom stereocenters. The van der Waals surface area contributed by atoms with Gasteiger partial charge in [0.2, 0.25) is 0 Å². The van der Waals surface area contributed by atoms with Gasteiger partial charge < -0.3 is 26.4 Å². The summed E-state index contributed by atoms with van der Waals surface area (Å²) in [5.41, 5.74) is 2.73. The van der Waals surface area contributed by atoms with Gasteiger partial charge in [0.15, 0.2) is 0 Å². The summed E-state index contributed by atoms with van der Waals surface area (Å²) < 4.78 is 1.96. The molecule has 0 radical (unpaired) electrons. The minimum atomic E-state index is 0. The summed E-state index contributed by atoms with van der Waals surface area (Å²) in [6.45, 7) is 7.34. The lowest BCUT2D eigenvalue weighted by Crippen LogP contribution is -3.00. The lowest BCUT2D eigenvalue weighted by atomic mass is 10.1. The Morgan fingerprint density at radius 2 is 1.52 bits per heavy atom. The predicted molar refractivity (Wildman–Crippen MR) is 95.0 cm³/mol. The van der Waals surface area contributed by atoms with E-state index in [2.05, 4.69) is 64.2 Å². The molecule has 0 saturated heterocycles. The van der Waals surface area contributed by atoms with E-state index in [9.17, 15) is 0 Å². The third-order valence-corrected chi connectivity index (χ3v) is 4.66. The molecule has 0 aliphatic rings. The van der Waals surface area contributed by atoms with Crippen molar-refractivity contribution in [3.63, 3.8) is 0 Å². The summed E-state index contributed by atoms with van der Waals surface area (Å²) in [7, 11) is 6.64. The Morgan fingerprint density at radius 1 is 1.05 bits per heavy atom. The van der Waals surface area contributed by atoms with E-state index < -0.39 is 0 Å². The highest BCUT2D eigenvalue weighted by atomic mass is 79.9. The number of thioether (sulfide) groups is 1. The van der Waals surface area contributed by atoms with Crippen LogP contribution >= 0.6 is 24.0 Å². The van der Waals surface area contributed by atoms with E-state index in [4.69, 9.17) is 12.2 Å². The quantitative estimate of drug-likeness (QED) is 0.521. The highest BCUT2D eigenvalue weighted by Gasteiger charge is 2.09. The van der Waals surface area contributed by atoms with E-state index in [0.29, 0.717) is 0 Å². The monoisotopic (exact) mass is 390 g/mol. The number of thiocarbonyl (C=S) groups is 1. The highest BCUT2D eigenvalue weighted by Crippen LogP contribution is 2.18. The van der Waals surface area contributed by atoms with Crippen molar-refractivity contribution in [3.05, 3.63) is 35.4 Å². The molecule has 0 atom stereocenters. The average Bonchev–Trinajstić information content (AvgIpc) is 2.37. The smallest absolute Gasteiger partial charge is 0.136 e. The molecule has 2 nitrogen and oxygen atoms in total. The molecule has 1 rings (SSSR count). The van der Waals surface area contributed by atoms with Gasteiger partial charge in [-0.15, -0.1) is 0 Å². The van der Waals surface area contributed by atoms with Crippen molar-refractivity contribution >= 4 is 28.3 Å². The Hall–Kier alpha value is -0.100. The van der Waals surface area contributed by atoms with Crippen LogP contribution in [0.2, 0.25) is 0 Å². The molecule has 0 amide bonds. The molecule has 1 aromatic carbocycles. The Balaban J connectivity index is 0.00000400. The molecule has 120 valence electrons. The van der Waals surface area contributed by atoms with Gasteiger partial charge in [0, 0.05) is 24.4 Å². The van der Waals surface area contributed by atoms with E-state index in [1.807, 2.05) is 0 Å². The van der Waals surface area contributed by atoms with Gasteiger partial charge in [0.1, 0.15) is 10.9 Å². The van der Waals surface area contributed by atoms with Crippen LogP contribution in [-0.2, 0) is 12.3 Å². The molecule has 0 aliphatic carbocycles. The van der Waals surface area contributed by atoms with E-state index in [-0.39, 0.29) is 17.0 Å². The lowest BCUT2D eigenvalue weighted by Gasteiger charge is -2.24. The predicted octanol–water partition coefficient (Wildman–Crippen LogP) is 0.757. The first-order chi connectivity index (χ1) is 9.35. The molecule has 0 fully saturated rings. The van der Waals surface area contributed by atoms with Crippen LogP contribution in [-0.4, -0.2) is 47.9 Å². The summed E-state index contributed by atoms with van der Waals surface area (Å²) in [5.74, 6) is 0.958. The van der Waals surface area contributed by atoms with Gasteiger partial charge in [0.05, 0.1) is 21.1 Å². The molecule has 21 heavy (non-hydrogen) atoms. The molecule has 0 aliphatic heterocycles. The van der Waals surface area contributed by atoms with Gasteiger partial charge in [-0.3, -0.25) is 0 Å². The number of nitrogens with zero attached hydrogens (tertiary/aromatic N) is 2. The Kier molecular flexibility index (Phi) is 9.78. The van der Waals surface area contributed by atoms with Gasteiger partial charge >= 0.3 is 0 Å². The van der Waals surface area contributed by atoms with Crippen LogP contribution in [0.3, 0.4) is 0 Å². The van der Waals surface area contributed by atoms with Crippen LogP contribution in [0, 0.1) is 0 Å². The van der Waals surface area contributed by atoms with Crippen molar-refractivity contribution in [1.82, 2.24) is 4.90 Å². The molecule has 0 bridgehead atoms. The molecule has 0 heterocycles. The SMILES string of the molecule is CCN(CC)C(=S)SCc1ccc(C[N+](C)(C)C)cc1.[Br-]. The Bertz CT molecular complexity index is 423. The fraction of sp³-hybridized carbons (Fsp3) is 0.562. The number of hydrogen-bond acceptors (Lipinski definition) is 2. The van der Waals surface area contributed by atoms with Crippen LogP contribution in [0.5, 0.6) is 0 Å². The maximum atomic E-state index is 5.46. The normalized spacial score (nSPS) is 10.9. The molecule has 0 spiro atoms. The summed E-state index contributed by atoms with van der Waals surface area (Å²) >= 11 is 7.22. The maximum Gasteiger partial charge on any atom is 0.136 e. The molecular weight excluding hydrogens is 364 g/mol. The zero-order valence-electron chi connectivity index (χ0n) is 13.7. The lowest BCUT2D eigenvalue weighted by molar-refractivity contribution is -0.884. The summed E-state index contributed by atoms with van der Waals surface area (Å²) in [4.78, 5) is 2.23. The van der Waals surface area contributed by atoms with E-state index >= 15 is 0 Å². The third kappa shape index (κ3) is 8.19. The molecule has 0 aromatic heterocycles. The van der Waals surface area contributed by atoms with Crippen molar-refractivity contribution in [1.29, 1.82) is 0 Å². The topological polar surface area (TPSA) is 3.24 Å². The number of halogens is 1. The van der Waals surface area contributed by atoms with Gasteiger partial charge in [0.25, 0.3) is 0 Å². The van der Waals surface area contributed by atoms with Crippen LogP contribution < -0.4 is 17.0 Å². The average molecular weight is 391 g/mol. The second-order valence-electron chi connectivity index (χ2n) is 5.99. The van der Waals surface area contributed by atoms with Crippen molar-refractivity contribution < 1.29 is 21.5 Å². The summed E-state index contributed by atoms with van der Waals surface area (Å²) in [6, 6.07) is 8.92. The molecule has 5 heteroatoms. The second kappa shape index (κ2) is 9.82. The number of hydrogen-bond donors (Lipinski definition) is 0. The van der Waals surface area contributed by atoms with Gasteiger partial charge in [-0.05, 0) is 19.4 Å².